The zero-order valence-electron chi connectivity index (χ0n) is 24.4. The molecule has 2 aliphatic rings. The molecule has 2 unspecified atom stereocenters. The number of methoxy groups -OCH3 is 2. The zero-order valence-corrected chi connectivity index (χ0v) is 25.2. The van der Waals surface area contributed by atoms with E-state index in [9.17, 15) is 14.4 Å². The second kappa shape index (κ2) is 13.0. The molecule has 0 saturated carbocycles. The van der Waals surface area contributed by atoms with E-state index in [1.165, 1.54) is 31.0 Å². The summed E-state index contributed by atoms with van der Waals surface area (Å²) in [5.74, 6) is -0.705. The minimum absolute atomic E-state index is 0.123. The summed E-state index contributed by atoms with van der Waals surface area (Å²) < 4.78 is 26.9. The summed E-state index contributed by atoms with van der Waals surface area (Å²) in [5, 5.41) is 4.98. The molecule has 2 amide bonds. The van der Waals surface area contributed by atoms with E-state index < -0.39 is 23.7 Å². The van der Waals surface area contributed by atoms with Crippen LogP contribution in [0.5, 0.6) is 5.75 Å². The molecule has 0 bridgehead atoms. The number of rotatable bonds is 5. The molecule has 0 N–H and O–H groups in total. The van der Waals surface area contributed by atoms with Gasteiger partial charge in [0.2, 0.25) is 5.91 Å². The summed E-state index contributed by atoms with van der Waals surface area (Å²) in [4.78, 5) is 44.4. The number of carbonyl (C=O) groups excluding carboxylic acids is 2. The van der Waals surface area contributed by atoms with Gasteiger partial charge in [-0.15, -0.1) is 0 Å². The molecule has 2 aliphatic heterocycles. The van der Waals surface area contributed by atoms with Crippen LogP contribution in [0.25, 0.3) is 0 Å². The van der Waals surface area contributed by atoms with Gasteiger partial charge in [-0.25, -0.2) is 13.9 Å². The van der Waals surface area contributed by atoms with Gasteiger partial charge in [-0.1, -0.05) is 29.8 Å². The number of hydrogen-bond acceptors (Lipinski definition) is 7. The predicted molar refractivity (Wildman–Crippen MR) is 160 cm³/mol. The molecule has 5 rings (SSSR count). The average Bonchev–Trinajstić information content (AvgIpc) is 3.43. The fourth-order valence-corrected chi connectivity index (χ4v) is 6.23. The summed E-state index contributed by atoms with van der Waals surface area (Å²) in [6.07, 6.45) is 0.795. The number of halogens is 2. The van der Waals surface area contributed by atoms with Crippen LogP contribution in [0, 0.1) is 11.7 Å². The van der Waals surface area contributed by atoms with Crippen LogP contribution in [-0.4, -0.2) is 78.5 Å². The van der Waals surface area contributed by atoms with E-state index in [1.807, 2.05) is 17.0 Å². The van der Waals surface area contributed by atoms with Gasteiger partial charge in [-0.05, 0) is 48.2 Å². The quantitative estimate of drug-likeness (QED) is 0.426. The van der Waals surface area contributed by atoms with Crippen molar-refractivity contribution >= 4 is 29.4 Å². The molecule has 1 aromatic heterocycles. The molecule has 2 saturated heterocycles. The fourth-order valence-electron chi connectivity index (χ4n) is 6.10. The number of ether oxygens (including phenoxy) is 2. The van der Waals surface area contributed by atoms with Gasteiger partial charge in [0.05, 0.1) is 26.2 Å². The lowest BCUT2D eigenvalue weighted by molar-refractivity contribution is -0.136. The molecule has 43 heavy (non-hydrogen) atoms. The van der Waals surface area contributed by atoms with Crippen LogP contribution in [0.15, 0.2) is 59.4 Å². The number of hydrogen-bond donors (Lipinski definition) is 0. The van der Waals surface area contributed by atoms with Gasteiger partial charge in [0.1, 0.15) is 17.4 Å². The van der Waals surface area contributed by atoms with Gasteiger partial charge in [0, 0.05) is 62.8 Å². The highest BCUT2D eigenvalue weighted by atomic mass is 35.5. The average molecular weight is 612 g/mol. The first kappa shape index (κ1) is 30.3. The van der Waals surface area contributed by atoms with Crippen molar-refractivity contribution < 1.29 is 23.5 Å². The Morgan fingerprint density at radius 2 is 1.77 bits per heavy atom. The zero-order chi connectivity index (χ0) is 30.7. The Kier molecular flexibility index (Phi) is 9.19. The topological polar surface area (TPSA) is 97.2 Å². The predicted octanol–water partition coefficient (Wildman–Crippen LogP) is 4.23. The highest BCUT2D eigenvalue weighted by Crippen LogP contribution is 2.38. The van der Waals surface area contributed by atoms with Crippen LogP contribution in [0.2, 0.25) is 5.02 Å². The summed E-state index contributed by atoms with van der Waals surface area (Å²) in [6, 6.07) is 14.9. The normalized spacial score (nSPS) is 20.9. The van der Waals surface area contributed by atoms with E-state index in [4.69, 9.17) is 21.1 Å². The van der Waals surface area contributed by atoms with Crippen molar-refractivity contribution in [1.29, 1.82) is 0 Å². The van der Waals surface area contributed by atoms with Crippen molar-refractivity contribution in [3.63, 3.8) is 0 Å². The van der Waals surface area contributed by atoms with Crippen LogP contribution in [-0.2, 0) is 16.6 Å². The van der Waals surface area contributed by atoms with Gasteiger partial charge in [0.25, 0.3) is 5.56 Å². The highest BCUT2D eigenvalue weighted by molar-refractivity contribution is 6.30. The van der Waals surface area contributed by atoms with E-state index >= 15 is 4.39 Å². The summed E-state index contributed by atoms with van der Waals surface area (Å²) in [6.45, 7) is 1.69. The molecule has 0 radical (unpaired) electrons. The molecule has 0 aliphatic carbocycles. The molecular weight excluding hydrogens is 577 g/mol. The van der Waals surface area contributed by atoms with E-state index in [-0.39, 0.29) is 24.1 Å². The van der Waals surface area contributed by atoms with Crippen molar-refractivity contribution in [2.45, 2.75) is 24.8 Å². The fraction of sp³-hybridized carbons (Fsp3) is 0.419. The number of aromatic nitrogens is 2. The lowest BCUT2D eigenvalue weighted by atomic mass is 9.87. The molecule has 2 aromatic carbocycles. The van der Waals surface area contributed by atoms with E-state index in [0.717, 1.165) is 5.56 Å². The largest absolute Gasteiger partial charge is 0.497 e. The number of carbonyl (C=O) groups is 2. The lowest BCUT2D eigenvalue weighted by Gasteiger charge is -2.37. The second-order valence-electron chi connectivity index (χ2n) is 10.9. The van der Waals surface area contributed by atoms with Crippen molar-refractivity contribution in [2.75, 3.05) is 51.8 Å². The first-order chi connectivity index (χ1) is 20.7. The maximum absolute atomic E-state index is 15.4. The third kappa shape index (κ3) is 6.46. The molecule has 12 heteroatoms. The van der Waals surface area contributed by atoms with Crippen LogP contribution in [0.3, 0.4) is 0 Å². The smallest absolute Gasteiger partial charge is 0.410 e. The summed E-state index contributed by atoms with van der Waals surface area (Å²) in [5.41, 5.74) is 1.11. The molecule has 0 spiro atoms. The van der Waals surface area contributed by atoms with Gasteiger partial charge in [0.15, 0.2) is 0 Å². The van der Waals surface area contributed by atoms with Crippen LogP contribution >= 0.6 is 11.6 Å². The minimum atomic E-state index is -0.583. The Bertz CT molecular complexity index is 1530. The molecule has 10 nitrogen and oxygen atoms in total. The number of amides is 2. The van der Waals surface area contributed by atoms with Crippen LogP contribution in [0.4, 0.5) is 15.0 Å². The third-order valence-electron chi connectivity index (χ3n) is 8.38. The van der Waals surface area contributed by atoms with E-state index in [0.29, 0.717) is 61.2 Å². The van der Waals surface area contributed by atoms with Gasteiger partial charge in [-0.3, -0.25) is 14.5 Å². The molecule has 3 aromatic rings. The first-order valence-electron chi connectivity index (χ1n) is 14.2. The maximum Gasteiger partial charge on any atom is 0.410 e. The Balaban J connectivity index is 1.42. The maximum atomic E-state index is 15.4. The lowest BCUT2D eigenvalue weighted by Crippen LogP contribution is -2.47. The number of aryl methyl sites for hydroxylation is 1. The van der Waals surface area contributed by atoms with Gasteiger partial charge < -0.3 is 19.3 Å². The molecule has 3 heterocycles. The SMILES string of the molecule is COC(=O)N1CCN(C(=O)[C@@H]2CN(c3ccc(=O)n(C)n3)CC2c2ccc(OC)cc2F)CCCC1c1ccc(Cl)cc1. The van der Waals surface area contributed by atoms with Crippen molar-refractivity contribution in [3.05, 3.63) is 86.9 Å². The van der Waals surface area contributed by atoms with Gasteiger partial charge >= 0.3 is 6.09 Å². The van der Waals surface area contributed by atoms with Crippen molar-refractivity contribution in [1.82, 2.24) is 19.6 Å². The standard InChI is InChI=1S/C31H35ClFN5O5/c1-35-29(39)13-12-28(34-35)37-18-24(23-11-10-22(42-2)17-26(23)33)25(19-37)30(40)36-14-4-5-27(20-6-8-21(32)9-7-20)38(16-15-36)31(41)43-3/h6-13,17,24-25,27H,4-5,14-16,18-19H2,1-3H3/t24?,25-,27?/m1/s1. The van der Waals surface area contributed by atoms with E-state index in [2.05, 4.69) is 5.10 Å². The van der Waals surface area contributed by atoms with Crippen molar-refractivity contribution in [3.8, 4) is 5.75 Å². The van der Waals surface area contributed by atoms with Gasteiger partial charge in [-0.2, -0.15) is 5.10 Å². The number of anilines is 1. The molecule has 2 fully saturated rings. The molecular formula is C31H35ClFN5O5. The Labute approximate surface area is 254 Å². The first-order valence-corrected chi connectivity index (χ1v) is 14.6. The van der Waals surface area contributed by atoms with Crippen LogP contribution in [0.1, 0.15) is 35.9 Å². The molecule has 228 valence electrons. The Morgan fingerprint density at radius 1 is 1.00 bits per heavy atom. The Hall–Kier alpha value is -4.12. The summed E-state index contributed by atoms with van der Waals surface area (Å²) >= 11 is 6.09. The highest BCUT2D eigenvalue weighted by Gasteiger charge is 2.43. The molecule has 3 atom stereocenters. The van der Waals surface area contributed by atoms with Crippen molar-refractivity contribution in [2.24, 2.45) is 13.0 Å². The third-order valence-corrected chi connectivity index (χ3v) is 8.63. The Morgan fingerprint density at radius 3 is 2.44 bits per heavy atom. The van der Waals surface area contributed by atoms with E-state index in [1.54, 1.807) is 47.2 Å². The number of nitrogens with zero attached hydrogens (tertiary/aromatic N) is 5. The minimum Gasteiger partial charge on any atom is -0.497 e. The monoisotopic (exact) mass is 611 g/mol. The summed E-state index contributed by atoms with van der Waals surface area (Å²) in [7, 11) is 4.38. The second-order valence-corrected chi connectivity index (χ2v) is 11.3. The number of benzene rings is 2. The van der Waals surface area contributed by atoms with Crippen LogP contribution < -0.4 is 15.2 Å².